The van der Waals surface area contributed by atoms with Crippen molar-refractivity contribution in [3.05, 3.63) is 11.6 Å². The highest BCUT2D eigenvalue weighted by Crippen LogP contribution is 2.26. The van der Waals surface area contributed by atoms with Gasteiger partial charge in [0.25, 0.3) is 0 Å². The van der Waals surface area contributed by atoms with Crippen LogP contribution in [0.2, 0.25) is 0 Å². The molecule has 4 atom stereocenters. The number of piperidine rings is 1. The fourth-order valence-electron chi connectivity index (χ4n) is 4.20. The lowest BCUT2D eigenvalue weighted by Crippen LogP contribution is -2.60. The molecule has 0 bridgehead atoms. The predicted molar refractivity (Wildman–Crippen MR) is 128 cm³/mol. The Morgan fingerprint density at radius 2 is 1.81 bits per heavy atom. The number of amides is 2. The highest BCUT2D eigenvalue weighted by atomic mass is 16.5. The molecule has 1 unspecified atom stereocenters. The van der Waals surface area contributed by atoms with Crippen molar-refractivity contribution < 1.29 is 19.1 Å². The third-order valence-electron chi connectivity index (χ3n) is 6.48. The Bertz CT molecular complexity index is 696. The van der Waals surface area contributed by atoms with Crippen molar-refractivity contribution in [1.29, 1.82) is 0 Å². The van der Waals surface area contributed by atoms with Gasteiger partial charge in [-0.3, -0.25) is 14.5 Å². The number of ether oxygens (including phenoxy) is 1. The number of likely N-dealkylation sites (N-methyl/N-ethyl adjacent to an activating group) is 2. The normalized spacial score (nSPS) is 22.3. The summed E-state index contributed by atoms with van der Waals surface area (Å²) < 4.78 is 5.09. The average Bonchev–Trinajstić information content (AvgIpc) is 2.69. The summed E-state index contributed by atoms with van der Waals surface area (Å²) in [6.45, 7) is 15.8. The second-order valence-electron chi connectivity index (χ2n) is 10.5. The Morgan fingerprint density at radius 3 is 2.31 bits per heavy atom. The maximum absolute atomic E-state index is 13.6. The molecule has 0 aromatic rings. The lowest BCUT2D eigenvalue weighted by atomic mass is 9.84. The molecule has 1 N–H and O–H groups in total. The van der Waals surface area contributed by atoms with E-state index in [0.29, 0.717) is 18.2 Å². The predicted octanol–water partition coefficient (Wildman–Crippen LogP) is 3.38. The molecule has 1 aliphatic rings. The summed E-state index contributed by atoms with van der Waals surface area (Å²) in [4.78, 5) is 42.7. The van der Waals surface area contributed by atoms with Gasteiger partial charge in [0.2, 0.25) is 11.8 Å². The van der Waals surface area contributed by atoms with Crippen molar-refractivity contribution in [3.8, 4) is 0 Å². The molecule has 1 rings (SSSR count). The zero-order valence-electron chi connectivity index (χ0n) is 21.8. The third kappa shape index (κ3) is 7.32. The smallest absolute Gasteiger partial charge is 0.333 e. The average molecular weight is 452 g/mol. The van der Waals surface area contributed by atoms with Crippen LogP contribution in [-0.2, 0) is 19.1 Å². The Hall–Kier alpha value is -1.89. The van der Waals surface area contributed by atoms with Crippen LogP contribution >= 0.6 is 0 Å². The van der Waals surface area contributed by atoms with Gasteiger partial charge in [-0.05, 0) is 58.4 Å². The second kappa shape index (κ2) is 11.8. The minimum Gasteiger partial charge on any atom is -0.463 e. The largest absolute Gasteiger partial charge is 0.463 e. The van der Waals surface area contributed by atoms with E-state index in [4.69, 9.17) is 4.74 Å². The first-order chi connectivity index (χ1) is 14.7. The van der Waals surface area contributed by atoms with Crippen LogP contribution in [0.5, 0.6) is 0 Å². The molecular weight excluding hydrogens is 406 g/mol. The number of rotatable bonds is 8. The fourth-order valence-corrected chi connectivity index (χ4v) is 4.20. The van der Waals surface area contributed by atoms with Crippen LogP contribution in [0.3, 0.4) is 0 Å². The number of nitrogens with zero attached hydrogens (tertiary/aromatic N) is 2. The molecule has 1 saturated heterocycles. The summed E-state index contributed by atoms with van der Waals surface area (Å²) in [6, 6.07) is -0.866. The standard InChI is InChI=1S/C25H45N3O4/c1-11-32-24(31)17(4)15-20(16(2)3)28(10)23(30)21(25(6,7)8)26-22(29)19-14-12-13-18(5)27(19)9/h15-16,18-21H,11-14H2,1-10H3,(H,26,29)/t18-,19?,20+,21+/m0/s1. The molecule has 0 radical (unpaired) electrons. The summed E-state index contributed by atoms with van der Waals surface area (Å²) in [5.41, 5.74) is 0.000687. The Kier molecular flexibility index (Phi) is 10.4. The summed E-state index contributed by atoms with van der Waals surface area (Å²) >= 11 is 0. The summed E-state index contributed by atoms with van der Waals surface area (Å²) in [5.74, 6) is -0.562. The van der Waals surface area contributed by atoms with Crippen LogP contribution in [0, 0.1) is 11.3 Å². The van der Waals surface area contributed by atoms with Gasteiger partial charge in [-0.1, -0.05) is 40.7 Å². The number of likely N-dealkylation sites (tertiary alicyclic amines) is 1. The molecule has 7 nitrogen and oxygen atoms in total. The zero-order valence-corrected chi connectivity index (χ0v) is 21.8. The molecule has 7 heteroatoms. The monoisotopic (exact) mass is 451 g/mol. The van der Waals surface area contributed by atoms with Gasteiger partial charge in [0.15, 0.2) is 0 Å². The Morgan fingerprint density at radius 1 is 1.22 bits per heavy atom. The zero-order chi connectivity index (χ0) is 24.8. The van der Waals surface area contributed by atoms with E-state index in [2.05, 4.69) is 17.1 Å². The van der Waals surface area contributed by atoms with E-state index in [1.165, 1.54) is 0 Å². The minimum absolute atomic E-state index is 0.0787. The fraction of sp³-hybridized carbons (Fsp3) is 0.800. The van der Waals surface area contributed by atoms with E-state index >= 15 is 0 Å². The van der Waals surface area contributed by atoms with Crippen molar-refractivity contribution >= 4 is 17.8 Å². The molecule has 0 aliphatic carbocycles. The van der Waals surface area contributed by atoms with Gasteiger partial charge >= 0.3 is 5.97 Å². The van der Waals surface area contributed by atoms with Gasteiger partial charge in [0.1, 0.15) is 6.04 Å². The number of nitrogens with one attached hydrogen (secondary N) is 1. The van der Waals surface area contributed by atoms with Gasteiger partial charge in [-0.2, -0.15) is 0 Å². The molecule has 1 aliphatic heterocycles. The molecule has 1 fully saturated rings. The Balaban J connectivity index is 3.12. The van der Waals surface area contributed by atoms with Crippen molar-refractivity contribution in [2.24, 2.45) is 11.3 Å². The van der Waals surface area contributed by atoms with E-state index < -0.39 is 11.5 Å². The first-order valence-electron chi connectivity index (χ1n) is 11.9. The van der Waals surface area contributed by atoms with Crippen molar-refractivity contribution in [1.82, 2.24) is 15.1 Å². The van der Waals surface area contributed by atoms with Crippen LogP contribution in [0.25, 0.3) is 0 Å². The van der Waals surface area contributed by atoms with Gasteiger partial charge in [-0.25, -0.2) is 4.79 Å². The molecule has 2 amide bonds. The van der Waals surface area contributed by atoms with E-state index in [1.54, 1.807) is 31.9 Å². The highest BCUT2D eigenvalue weighted by Gasteiger charge is 2.39. The SMILES string of the molecule is CCOC(=O)C(C)=C[C@H](C(C)C)N(C)C(=O)[C@@H](NC(=O)C1CCC[C@H](C)N1C)C(C)(C)C. The quantitative estimate of drug-likeness (QED) is 0.452. The molecular formula is C25H45N3O4. The van der Waals surface area contributed by atoms with Crippen LogP contribution < -0.4 is 5.32 Å². The summed E-state index contributed by atoms with van der Waals surface area (Å²) in [7, 11) is 3.72. The number of esters is 1. The van der Waals surface area contributed by atoms with E-state index in [0.717, 1.165) is 19.3 Å². The van der Waals surface area contributed by atoms with Gasteiger partial charge < -0.3 is 15.0 Å². The lowest BCUT2D eigenvalue weighted by Gasteiger charge is -2.40. The van der Waals surface area contributed by atoms with Gasteiger partial charge in [0, 0.05) is 18.7 Å². The van der Waals surface area contributed by atoms with Crippen LogP contribution in [0.1, 0.15) is 74.7 Å². The van der Waals surface area contributed by atoms with Gasteiger partial charge in [0.05, 0.1) is 18.7 Å². The third-order valence-corrected chi connectivity index (χ3v) is 6.48. The maximum Gasteiger partial charge on any atom is 0.333 e. The first-order valence-corrected chi connectivity index (χ1v) is 11.9. The van der Waals surface area contributed by atoms with Crippen LogP contribution in [0.15, 0.2) is 11.6 Å². The van der Waals surface area contributed by atoms with Gasteiger partial charge in [-0.15, -0.1) is 0 Å². The molecule has 0 aromatic carbocycles. The topological polar surface area (TPSA) is 79.0 Å². The van der Waals surface area contributed by atoms with Crippen molar-refractivity contribution in [2.45, 2.75) is 98.8 Å². The molecule has 0 saturated carbocycles. The molecule has 0 spiro atoms. The number of carbonyl (C=O) groups is 3. The molecule has 1 heterocycles. The Labute approximate surface area is 194 Å². The number of hydrogen-bond donors (Lipinski definition) is 1. The van der Waals surface area contributed by atoms with Crippen LogP contribution in [0.4, 0.5) is 0 Å². The van der Waals surface area contributed by atoms with E-state index in [1.807, 2.05) is 41.7 Å². The molecule has 0 aromatic heterocycles. The van der Waals surface area contributed by atoms with Crippen molar-refractivity contribution in [2.75, 3.05) is 20.7 Å². The molecule has 184 valence electrons. The second-order valence-corrected chi connectivity index (χ2v) is 10.5. The number of hydrogen-bond acceptors (Lipinski definition) is 5. The minimum atomic E-state index is -0.678. The number of carbonyl (C=O) groups excluding carboxylic acids is 3. The lowest BCUT2D eigenvalue weighted by molar-refractivity contribution is -0.142. The molecule has 32 heavy (non-hydrogen) atoms. The van der Waals surface area contributed by atoms with Crippen LogP contribution in [-0.4, -0.2) is 72.5 Å². The van der Waals surface area contributed by atoms with E-state index in [-0.39, 0.29) is 35.8 Å². The first kappa shape index (κ1) is 28.1. The summed E-state index contributed by atoms with van der Waals surface area (Å²) in [6.07, 6.45) is 4.67. The van der Waals surface area contributed by atoms with Crippen molar-refractivity contribution in [3.63, 3.8) is 0 Å². The maximum atomic E-state index is 13.6. The highest BCUT2D eigenvalue weighted by molar-refractivity contribution is 5.91. The van der Waals surface area contributed by atoms with E-state index in [9.17, 15) is 14.4 Å². The summed E-state index contributed by atoms with van der Waals surface area (Å²) in [5, 5.41) is 3.06.